The van der Waals surface area contributed by atoms with E-state index in [9.17, 15) is 35.9 Å². The first-order valence-electron chi connectivity index (χ1n) is 17.6. The summed E-state index contributed by atoms with van der Waals surface area (Å²) in [6.07, 6.45) is -8.78. The first kappa shape index (κ1) is 40.8. The molecule has 4 aromatic carbocycles. The van der Waals surface area contributed by atoms with E-state index < -0.39 is 30.2 Å². The van der Waals surface area contributed by atoms with E-state index in [2.05, 4.69) is 40.0 Å². The quantitative estimate of drug-likeness (QED) is 0.0599. The Hall–Kier alpha value is -7.36. The lowest BCUT2D eigenvalue weighted by molar-refractivity contribution is -0.275. The number of fused-ring (bicyclic) bond motifs is 4. The molecule has 0 saturated carbocycles. The number of hydrogen-bond donors (Lipinski definition) is 3. The fraction of sp³-hybridized carbons (Fsp3) is 0.211. The number of oxazole rings is 2. The van der Waals surface area contributed by atoms with Gasteiger partial charge < -0.3 is 37.3 Å². The summed E-state index contributed by atoms with van der Waals surface area (Å²) in [5, 5.41) is 14.8. The summed E-state index contributed by atoms with van der Waals surface area (Å²) < 4.78 is 102. The highest BCUT2D eigenvalue weighted by Gasteiger charge is 2.32. The largest absolute Gasteiger partial charge is 0.573 e. The van der Waals surface area contributed by atoms with Gasteiger partial charge in [0, 0.05) is 38.4 Å². The van der Waals surface area contributed by atoms with E-state index in [0.29, 0.717) is 51.7 Å². The zero-order valence-corrected chi connectivity index (χ0v) is 31.3. The van der Waals surface area contributed by atoms with E-state index in [1.165, 1.54) is 24.3 Å². The number of aromatic carboxylic acids is 1. The van der Waals surface area contributed by atoms with Crippen LogP contribution in [0.25, 0.3) is 44.3 Å². The molecule has 0 aliphatic carbocycles. The third-order valence-corrected chi connectivity index (χ3v) is 8.54. The van der Waals surface area contributed by atoms with Crippen molar-refractivity contribution in [3.05, 3.63) is 83.9 Å². The minimum Gasteiger partial charge on any atom is -0.478 e. The smallest absolute Gasteiger partial charge is 0.478 e. The number of carbonyl (C=O) groups excluding carboxylic acids is 1. The zero-order chi connectivity index (χ0) is 42.9. The van der Waals surface area contributed by atoms with E-state index in [-0.39, 0.29) is 41.1 Å². The van der Waals surface area contributed by atoms with Crippen molar-refractivity contribution in [3.8, 4) is 11.5 Å². The number of aromatic nitrogens is 6. The van der Waals surface area contributed by atoms with Crippen LogP contribution in [0, 0.1) is 0 Å². The Morgan fingerprint density at radius 2 is 1.13 bits per heavy atom. The van der Waals surface area contributed by atoms with Crippen molar-refractivity contribution in [2.45, 2.75) is 26.1 Å². The second-order valence-electron chi connectivity index (χ2n) is 12.8. The maximum absolute atomic E-state index is 12.4. The van der Waals surface area contributed by atoms with Crippen LogP contribution < -0.4 is 20.1 Å². The van der Waals surface area contributed by atoms with Crippen LogP contribution in [0.15, 0.2) is 81.6 Å². The lowest BCUT2D eigenvalue weighted by atomic mass is 10.1. The molecule has 0 radical (unpaired) electrons. The van der Waals surface area contributed by atoms with Gasteiger partial charge >= 0.3 is 30.7 Å². The standard InChI is InChI=1S/C21H19F3N4O4.C17H11F3N4O4/c1-3-8-30-11-17(29)12-4-7-16-15(9-12)25-19(28(16)2)27-20-26-14-6-5-13(10-18(14)31-20)32-21(22,23)24;1-24-12-5-2-8(14(25)26)6-11(12)21-15(24)23-16-22-10-4-3-9(7-13(10)27-16)28-17(18,19)20/h4-7,9-10H,3,8,11H2,1-2H3,(H,25,26,27);2-7H,1H3,(H,25,26)(H,21,22,23). The van der Waals surface area contributed by atoms with Crippen molar-refractivity contribution >= 4 is 79.9 Å². The number of rotatable bonds is 12. The van der Waals surface area contributed by atoms with Crippen molar-refractivity contribution in [1.82, 2.24) is 29.1 Å². The monoisotopic (exact) mass is 840 g/mol. The molecular formula is C38H30F6N8O8. The van der Waals surface area contributed by atoms with Gasteiger partial charge in [0.2, 0.25) is 11.9 Å². The lowest BCUT2D eigenvalue weighted by Crippen LogP contribution is -2.16. The van der Waals surface area contributed by atoms with Crippen LogP contribution in [0.5, 0.6) is 11.5 Å². The number of imidazole rings is 2. The van der Waals surface area contributed by atoms with Gasteiger partial charge in [-0.2, -0.15) is 9.97 Å². The molecule has 16 nitrogen and oxygen atoms in total. The van der Waals surface area contributed by atoms with E-state index in [1.807, 2.05) is 6.92 Å². The summed E-state index contributed by atoms with van der Waals surface area (Å²) in [6.45, 7) is 2.48. The molecule has 0 fully saturated rings. The van der Waals surface area contributed by atoms with Crippen molar-refractivity contribution in [2.75, 3.05) is 23.8 Å². The normalized spacial score (nSPS) is 11.9. The second kappa shape index (κ2) is 16.1. The molecule has 0 saturated heterocycles. The average Bonchev–Trinajstić information content (AvgIpc) is 3.93. The molecule has 0 aliphatic heterocycles. The van der Waals surface area contributed by atoms with Crippen molar-refractivity contribution in [2.24, 2.45) is 14.1 Å². The van der Waals surface area contributed by atoms with Crippen molar-refractivity contribution in [3.63, 3.8) is 0 Å². The molecule has 0 aliphatic rings. The molecule has 4 aromatic heterocycles. The minimum absolute atomic E-state index is 0.000231. The number of benzene rings is 4. The summed E-state index contributed by atoms with van der Waals surface area (Å²) in [5.74, 6) is -1.35. The number of halogens is 6. The van der Waals surface area contributed by atoms with Gasteiger partial charge in [-0.15, -0.1) is 26.3 Å². The van der Waals surface area contributed by atoms with Gasteiger partial charge in [-0.3, -0.25) is 15.4 Å². The number of Topliss-reactive ketones (excluding diaryl/α,β-unsaturated/α-hetero) is 1. The highest BCUT2D eigenvalue weighted by atomic mass is 19.4. The average molecular weight is 841 g/mol. The van der Waals surface area contributed by atoms with Gasteiger partial charge in [0.15, 0.2) is 16.9 Å². The number of alkyl halides is 6. The Morgan fingerprint density at radius 1 is 0.667 bits per heavy atom. The fourth-order valence-corrected chi connectivity index (χ4v) is 5.82. The SMILES string of the molecule is CCCOCC(=O)c1ccc2c(c1)nc(Nc1nc3ccc(OC(F)(F)F)cc3o1)n2C.Cn1c(Nc2nc3ccc(OC(F)(F)F)cc3o2)nc2cc(C(=O)O)ccc21. The summed E-state index contributed by atoms with van der Waals surface area (Å²) >= 11 is 0. The number of ketones is 1. The fourth-order valence-electron chi connectivity index (χ4n) is 5.82. The Labute approximate surface area is 332 Å². The van der Waals surface area contributed by atoms with Crippen LogP contribution in [-0.2, 0) is 18.8 Å². The zero-order valence-electron chi connectivity index (χ0n) is 31.3. The predicted octanol–water partition coefficient (Wildman–Crippen LogP) is 9.02. The Bertz CT molecular complexity index is 2880. The minimum atomic E-state index is -4.81. The van der Waals surface area contributed by atoms with E-state index in [0.717, 1.165) is 36.2 Å². The summed E-state index contributed by atoms with van der Waals surface area (Å²) in [4.78, 5) is 40.5. The number of carbonyl (C=O) groups is 2. The molecule has 0 atom stereocenters. The van der Waals surface area contributed by atoms with Crippen LogP contribution in [-0.4, -0.2) is 71.9 Å². The number of nitrogens with one attached hydrogen (secondary N) is 2. The molecule has 8 rings (SSSR count). The van der Waals surface area contributed by atoms with Crippen molar-refractivity contribution in [1.29, 1.82) is 0 Å². The third-order valence-electron chi connectivity index (χ3n) is 8.54. The highest BCUT2D eigenvalue weighted by molar-refractivity contribution is 6.00. The first-order valence-corrected chi connectivity index (χ1v) is 17.6. The Kier molecular flexibility index (Phi) is 11.0. The molecule has 8 aromatic rings. The van der Waals surface area contributed by atoms with Crippen LogP contribution in [0.2, 0.25) is 0 Å². The van der Waals surface area contributed by atoms with E-state index >= 15 is 0 Å². The number of ether oxygens (including phenoxy) is 3. The molecule has 4 heterocycles. The number of aryl methyl sites for hydroxylation is 2. The predicted molar refractivity (Wildman–Crippen MR) is 202 cm³/mol. The maximum atomic E-state index is 12.4. The molecule has 0 spiro atoms. The van der Waals surface area contributed by atoms with Crippen molar-refractivity contribution < 1.29 is 64.1 Å². The molecule has 3 N–H and O–H groups in total. The van der Waals surface area contributed by atoms with Gasteiger partial charge in [-0.1, -0.05) is 6.92 Å². The first-order chi connectivity index (χ1) is 28.4. The van der Waals surface area contributed by atoms with Gasteiger partial charge in [0.1, 0.15) is 29.1 Å². The second-order valence-corrected chi connectivity index (χ2v) is 12.8. The number of nitrogens with zero attached hydrogens (tertiary/aromatic N) is 6. The molecule has 0 amide bonds. The number of hydrogen-bond acceptors (Lipinski definition) is 13. The van der Waals surface area contributed by atoms with Gasteiger partial charge in [0.05, 0.1) is 27.6 Å². The van der Waals surface area contributed by atoms with E-state index in [4.69, 9.17) is 18.7 Å². The molecule has 312 valence electrons. The molecule has 0 unspecified atom stereocenters. The number of carboxylic acids is 1. The summed E-state index contributed by atoms with van der Waals surface area (Å²) in [7, 11) is 3.47. The van der Waals surface area contributed by atoms with Gasteiger partial charge in [-0.05, 0) is 67.1 Å². The van der Waals surface area contributed by atoms with Gasteiger partial charge in [-0.25, -0.2) is 14.8 Å². The van der Waals surface area contributed by atoms with Crippen LogP contribution in [0.3, 0.4) is 0 Å². The number of carboxylic acid groups (broad SMARTS) is 1. The molecule has 60 heavy (non-hydrogen) atoms. The summed E-state index contributed by atoms with van der Waals surface area (Å²) in [6, 6.07) is 16.9. The molecule has 22 heteroatoms. The summed E-state index contributed by atoms with van der Waals surface area (Å²) in [5.41, 5.74) is 3.91. The lowest BCUT2D eigenvalue weighted by Gasteiger charge is -2.07. The van der Waals surface area contributed by atoms with E-state index in [1.54, 1.807) is 47.5 Å². The maximum Gasteiger partial charge on any atom is 0.573 e. The number of anilines is 4. The highest BCUT2D eigenvalue weighted by Crippen LogP contribution is 2.31. The van der Waals surface area contributed by atoms with Gasteiger partial charge in [0.25, 0.3) is 0 Å². The Balaban J connectivity index is 0.000000183. The third kappa shape index (κ3) is 9.33. The topological polar surface area (TPSA) is 194 Å². The van der Waals surface area contributed by atoms with Crippen LogP contribution in [0.4, 0.5) is 50.3 Å². The molecule has 0 bridgehead atoms. The van der Waals surface area contributed by atoms with Crippen LogP contribution in [0.1, 0.15) is 34.1 Å². The van der Waals surface area contributed by atoms with Crippen LogP contribution >= 0.6 is 0 Å². The molecular weight excluding hydrogens is 810 g/mol. The Morgan fingerprint density at radius 3 is 1.58 bits per heavy atom.